The molecule has 1 aromatic rings. The van der Waals surface area contributed by atoms with Crippen molar-refractivity contribution in [2.24, 2.45) is 0 Å². The first-order valence-corrected chi connectivity index (χ1v) is 6.78. The number of pyridine rings is 1. The highest BCUT2D eigenvalue weighted by Gasteiger charge is 2.12. The van der Waals surface area contributed by atoms with Gasteiger partial charge in [0.1, 0.15) is 15.9 Å². The Bertz CT molecular complexity index is 505. The molecule has 1 unspecified atom stereocenters. The van der Waals surface area contributed by atoms with Gasteiger partial charge in [-0.05, 0) is 19.1 Å². The number of aromatic nitrogens is 1. The summed E-state index contributed by atoms with van der Waals surface area (Å²) in [4.78, 5) is 3.87. The van der Waals surface area contributed by atoms with Crippen molar-refractivity contribution in [3.05, 3.63) is 24.0 Å². The summed E-state index contributed by atoms with van der Waals surface area (Å²) in [6, 6.07) is 5.07. The standard InChI is InChI=1S/C10H13N3O2S/c1-8(7-16(2,14)15)13-9-4-3-5-12-10(9)6-11/h3-5,8,13H,7H2,1-2H3. The predicted octanol–water partition coefficient (Wildman–Crippen LogP) is 0.798. The summed E-state index contributed by atoms with van der Waals surface area (Å²) >= 11 is 0. The Morgan fingerprint density at radius 1 is 1.62 bits per heavy atom. The number of hydrogen-bond acceptors (Lipinski definition) is 5. The fourth-order valence-electron chi connectivity index (χ4n) is 1.37. The molecule has 86 valence electrons. The lowest BCUT2D eigenvalue weighted by atomic mass is 10.3. The van der Waals surface area contributed by atoms with Crippen LogP contribution in [0.3, 0.4) is 0 Å². The minimum absolute atomic E-state index is 0.0206. The first-order chi connectivity index (χ1) is 7.42. The summed E-state index contributed by atoms with van der Waals surface area (Å²) in [5, 5.41) is 11.7. The molecule has 0 aromatic carbocycles. The predicted molar refractivity (Wildman–Crippen MR) is 61.7 cm³/mol. The van der Waals surface area contributed by atoms with Crippen LogP contribution in [-0.2, 0) is 9.84 Å². The molecule has 1 atom stereocenters. The number of rotatable bonds is 4. The zero-order chi connectivity index (χ0) is 12.2. The van der Waals surface area contributed by atoms with Gasteiger partial charge in [-0.3, -0.25) is 0 Å². The number of nitriles is 1. The summed E-state index contributed by atoms with van der Waals surface area (Å²) < 4.78 is 22.1. The van der Waals surface area contributed by atoms with Crippen LogP contribution in [0.5, 0.6) is 0 Å². The number of hydrogen-bond donors (Lipinski definition) is 1. The van der Waals surface area contributed by atoms with Crippen molar-refractivity contribution in [3.8, 4) is 6.07 Å². The Hall–Kier alpha value is -1.61. The van der Waals surface area contributed by atoms with Crippen LogP contribution in [-0.4, -0.2) is 31.5 Å². The molecule has 16 heavy (non-hydrogen) atoms. The van der Waals surface area contributed by atoms with Crippen molar-refractivity contribution in [2.45, 2.75) is 13.0 Å². The van der Waals surface area contributed by atoms with Gasteiger partial charge in [-0.15, -0.1) is 0 Å². The van der Waals surface area contributed by atoms with E-state index in [1.165, 1.54) is 12.5 Å². The minimum Gasteiger partial charge on any atom is -0.379 e. The molecular formula is C10H13N3O2S. The van der Waals surface area contributed by atoms with Gasteiger partial charge in [-0.2, -0.15) is 5.26 Å². The molecule has 0 spiro atoms. The van der Waals surface area contributed by atoms with Crippen molar-refractivity contribution in [1.29, 1.82) is 5.26 Å². The Morgan fingerprint density at radius 3 is 2.88 bits per heavy atom. The molecular weight excluding hydrogens is 226 g/mol. The van der Waals surface area contributed by atoms with Crippen LogP contribution in [0.4, 0.5) is 5.69 Å². The molecule has 0 bridgehead atoms. The summed E-state index contributed by atoms with van der Waals surface area (Å²) in [6.45, 7) is 1.75. The van der Waals surface area contributed by atoms with E-state index in [9.17, 15) is 8.42 Å². The van der Waals surface area contributed by atoms with E-state index in [1.807, 2.05) is 6.07 Å². The zero-order valence-corrected chi connectivity index (χ0v) is 9.95. The Balaban J connectivity index is 2.78. The molecule has 5 nitrogen and oxygen atoms in total. The molecule has 0 aliphatic heterocycles. The maximum Gasteiger partial charge on any atom is 0.163 e. The summed E-state index contributed by atoms with van der Waals surface area (Å²) in [5.74, 6) is 0.0206. The van der Waals surface area contributed by atoms with Crippen molar-refractivity contribution < 1.29 is 8.42 Å². The van der Waals surface area contributed by atoms with E-state index in [0.717, 1.165) is 0 Å². The summed E-state index contributed by atoms with van der Waals surface area (Å²) in [7, 11) is -3.03. The maximum absolute atomic E-state index is 11.1. The zero-order valence-electron chi connectivity index (χ0n) is 9.14. The molecule has 0 radical (unpaired) electrons. The number of nitrogens with zero attached hydrogens (tertiary/aromatic N) is 2. The number of nitrogens with one attached hydrogen (secondary N) is 1. The van der Waals surface area contributed by atoms with Crippen LogP contribution < -0.4 is 5.32 Å². The molecule has 0 saturated carbocycles. The fraction of sp³-hybridized carbons (Fsp3) is 0.400. The van der Waals surface area contributed by atoms with Crippen molar-refractivity contribution >= 4 is 15.5 Å². The monoisotopic (exact) mass is 239 g/mol. The Labute approximate surface area is 95.0 Å². The van der Waals surface area contributed by atoms with Crippen molar-refractivity contribution in [3.63, 3.8) is 0 Å². The fourth-order valence-corrected chi connectivity index (χ4v) is 2.36. The van der Waals surface area contributed by atoms with Crippen LogP contribution >= 0.6 is 0 Å². The second-order valence-electron chi connectivity index (χ2n) is 3.65. The lowest BCUT2D eigenvalue weighted by molar-refractivity contribution is 0.598. The van der Waals surface area contributed by atoms with Crippen LogP contribution in [0, 0.1) is 11.3 Å². The molecule has 0 aliphatic rings. The highest BCUT2D eigenvalue weighted by Crippen LogP contribution is 2.12. The second-order valence-corrected chi connectivity index (χ2v) is 5.83. The quantitative estimate of drug-likeness (QED) is 0.840. The lowest BCUT2D eigenvalue weighted by Gasteiger charge is -2.14. The smallest absolute Gasteiger partial charge is 0.163 e. The SMILES string of the molecule is CC(CS(C)(=O)=O)Nc1cccnc1C#N. The van der Waals surface area contributed by atoms with Gasteiger partial charge in [0.2, 0.25) is 0 Å². The first-order valence-electron chi connectivity index (χ1n) is 4.72. The van der Waals surface area contributed by atoms with E-state index in [4.69, 9.17) is 5.26 Å². The first kappa shape index (κ1) is 12.5. The minimum atomic E-state index is -3.03. The number of anilines is 1. The van der Waals surface area contributed by atoms with Gasteiger partial charge in [0.25, 0.3) is 0 Å². The van der Waals surface area contributed by atoms with Gasteiger partial charge >= 0.3 is 0 Å². The average molecular weight is 239 g/mol. The molecule has 0 amide bonds. The Morgan fingerprint density at radius 2 is 2.31 bits per heavy atom. The van der Waals surface area contributed by atoms with Gasteiger partial charge in [0, 0.05) is 18.5 Å². The van der Waals surface area contributed by atoms with Gasteiger partial charge in [0.05, 0.1) is 11.4 Å². The molecule has 1 heterocycles. The largest absolute Gasteiger partial charge is 0.379 e. The topological polar surface area (TPSA) is 82.8 Å². The normalized spacial score (nSPS) is 12.8. The van der Waals surface area contributed by atoms with Gasteiger partial charge in [0.15, 0.2) is 5.69 Å². The Kier molecular flexibility index (Phi) is 3.85. The second kappa shape index (κ2) is 4.94. The van der Waals surface area contributed by atoms with E-state index in [0.29, 0.717) is 5.69 Å². The van der Waals surface area contributed by atoms with Gasteiger partial charge in [-0.25, -0.2) is 13.4 Å². The number of sulfone groups is 1. The van der Waals surface area contributed by atoms with E-state index >= 15 is 0 Å². The lowest BCUT2D eigenvalue weighted by Crippen LogP contribution is -2.25. The molecule has 0 aliphatic carbocycles. The molecule has 0 saturated heterocycles. The molecule has 0 fully saturated rings. The third-order valence-electron chi connectivity index (χ3n) is 1.87. The highest BCUT2D eigenvalue weighted by atomic mass is 32.2. The van der Waals surface area contributed by atoms with E-state index in [2.05, 4.69) is 10.3 Å². The summed E-state index contributed by atoms with van der Waals surface area (Å²) in [6.07, 6.45) is 2.70. The maximum atomic E-state index is 11.1. The molecule has 1 aromatic heterocycles. The third kappa shape index (κ3) is 3.87. The van der Waals surface area contributed by atoms with Crippen LogP contribution in [0.15, 0.2) is 18.3 Å². The summed E-state index contributed by atoms with van der Waals surface area (Å²) in [5.41, 5.74) is 0.823. The molecule has 1 rings (SSSR count). The van der Waals surface area contributed by atoms with Crippen LogP contribution in [0.25, 0.3) is 0 Å². The van der Waals surface area contributed by atoms with Crippen molar-refractivity contribution in [1.82, 2.24) is 4.98 Å². The molecule has 6 heteroatoms. The van der Waals surface area contributed by atoms with Gasteiger partial charge < -0.3 is 5.32 Å². The average Bonchev–Trinajstić information content (AvgIpc) is 2.15. The highest BCUT2D eigenvalue weighted by molar-refractivity contribution is 7.90. The van der Waals surface area contributed by atoms with Gasteiger partial charge in [-0.1, -0.05) is 0 Å². The van der Waals surface area contributed by atoms with Crippen LogP contribution in [0.2, 0.25) is 0 Å². The molecule has 1 N–H and O–H groups in total. The third-order valence-corrected chi connectivity index (χ3v) is 2.97. The van der Waals surface area contributed by atoms with Crippen LogP contribution in [0.1, 0.15) is 12.6 Å². The van der Waals surface area contributed by atoms with E-state index in [1.54, 1.807) is 19.1 Å². The van der Waals surface area contributed by atoms with E-state index in [-0.39, 0.29) is 17.5 Å². The van der Waals surface area contributed by atoms with E-state index < -0.39 is 9.84 Å². The van der Waals surface area contributed by atoms with Crippen molar-refractivity contribution in [2.75, 3.05) is 17.3 Å².